The van der Waals surface area contributed by atoms with Crippen molar-refractivity contribution in [1.82, 2.24) is 0 Å². The topological polar surface area (TPSA) is 44.5 Å². The fourth-order valence-electron chi connectivity index (χ4n) is 3.59. The van der Waals surface area contributed by atoms with E-state index < -0.39 is 0 Å². The van der Waals surface area contributed by atoms with Crippen molar-refractivity contribution >= 4 is 15.9 Å². The summed E-state index contributed by atoms with van der Waals surface area (Å²) >= 11 is 3.58. The molecule has 0 radical (unpaired) electrons. The second-order valence-corrected chi connectivity index (χ2v) is 7.12. The van der Waals surface area contributed by atoms with E-state index in [1.807, 2.05) is 0 Å². The molecule has 1 aromatic carbocycles. The number of rotatable bonds is 5. The highest BCUT2D eigenvalue weighted by molar-refractivity contribution is 9.10. The molecule has 2 aliphatic rings. The van der Waals surface area contributed by atoms with E-state index in [0.717, 1.165) is 42.0 Å². The molecule has 2 unspecified atom stereocenters. The molecule has 2 N–H and O–H groups in total. The minimum absolute atomic E-state index is 0.630. The van der Waals surface area contributed by atoms with E-state index in [1.54, 1.807) is 0 Å². The Kier molecular flexibility index (Phi) is 5.19. The first-order valence-corrected chi connectivity index (χ1v) is 8.79. The van der Waals surface area contributed by atoms with Crippen molar-refractivity contribution in [2.45, 2.75) is 38.7 Å². The predicted molar refractivity (Wildman–Crippen MR) is 87.5 cm³/mol. The van der Waals surface area contributed by atoms with Gasteiger partial charge in [-0.15, -0.1) is 0 Å². The Morgan fingerprint density at radius 3 is 2.86 bits per heavy atom. The van der Waals surface area contributed by atoms with Crippen LogP contribution >= 0.6 is 15.9 Å². The minimum Gasteiger partial charge on any atom is -0.493 e. The lowest BCUT2D eigenvalue weighted by Crippen LogP contribution is -2.29. The predicted octanol–water partition coefficient (Wildman–Crippen LogP) is 3.67. The lowest BCUT2D eigenvalue weighted by Gasteiger charge is -2.30. The molecule has 3 nitrogen and oxygen atoms in total. The fraction of sp³-hybridized carbons (Fsp3) is 0.647. The van der Waals surface area contributed by atoms with Crippen molar-refractivity contribution in [3.05, 3.63) is 27.7 Å². The Morgan fingerprint density at radius 2 is 2.05 bits per heavy atom. The summed E-state index contributed by atoms with van der Waals surface area (Å²) in [6, 6.07) is 4.27. The molecule has 0 aromatic heterocycles. The normalized spacial score (nSPS) is 24.7. The van der Waals surface area contributed by atoms with E-state index in [1.165, 1.54) is 31.2 Å². The van der Waals surface area contributed by atoms with E-state index in [4.69, 9.17) is 15.2 Å². The zero-order chi connectivity index (χ0) is 14.7. The third kappa shape index (κ3) is 3.61. The highest BCUT2D eigenvalue weighted by Gasteiger charge is 2.24. The molecule has 1 saturated carbocycles. The van der Waals surface area contributed by atoms with Gasteiger partial charge in [-0.1, -0.05) is 28.8 Å². The van der Waals surface area contributed by atoms with Gasteiger partial charge in [0.2, 0.25) is 0 Å². The summed E-state index contributed by atoms with van der Waals surface area (Å²) in [6.45, 7) is 3.04. The van der Waals surface area contributed by atoms with Crippen LogP contribution in [0.4, 0.5) is 0 Å². The molecule has 1 aliphatic heterocycles. The lowest BCUT2D eigenvalue weighted by atomic mass is 9.80. The molecule has 116 valence electrons. The number of ether oxygens (including phenoxy) is 2. The monoisotopic (exact) mass is 353 g/mol. The van der Waals surface area contributed by atoms with Gasteiger partial charge in [0.25, 0.3) is 0 Å². The molecule has 1 aromatic rings. The number of halogens is 1. The first kappa shape index (κ1) is 15.3. The van der Waals surface area contributed by atoms with Crippen molar-refractivity contribution in [3.63, 3.8) is 0 Å². The molecule has 0 amide bonds. The maximum Gasteiger partial charge on any atom is 0.128 e. The minimum atomic E-state index is 0.630. The first-order chi connectivity index (χ1) is 10.3. The van der Waals surface area contributed by atoms with E-state index in [0.29, 0.717) is 18.4 Å². The van der Waals surface area contributed by atoms with Crippen molar-refractivity contribution in [2.24, 2.45) is 17.6 Å². The molecule has 2 atom stereocenters. The first-order valence-electron chi connectivity index (χ1n) is 8.00. The number of fused-ring (bicyclic) bond motifs is 1. The Hall–Kier alpha value is -0.580. The summed E-state index contributed by atoms with van der Waals surface area (Å²) in [7, 11) is 0. The Labute approximate surface area is 135 Å². The van der Waals surface area contributed by atoms with Gasteiger partial charge in [-0.2, -0.15) is 0 Å². The van der Waals surface area contributed by atoms with Crippen molar-refractivity contribution in [3.8, 4) is 5.75 Å². The molecule has 1 heterocycles. The Balaban J connectivity index is 1.58. The van der Waals surface area contributed by atoms with Gasteiger partial charge in [0.1, 0.15) is 5.75 Å². The number of hydrogen-bond acceptors (Lipinski definition) is 3. The van der Waals surface area contributed by atoms with Gasteiger partial charge in [-0.25, -0.2) is 0 Å². The van der Waals surface area contributed by atoms with Crippen LogP contribution in [0.2, 0.25) is 0 Å². The quantitative estimate of drug-likeness (QED) is 0.878. The largest absolute Gasteiger partial charge is 0.493 e. The fourth-order valence-corrected chi connectivity index (χ4v) is 4.14. The highest BCUT2D eigenvalue weighted by atomic mass is 79.9. The average Bonchev–Trinajstić information content (AvgIpc) is 2.96. The maximum atomic E-state index is 6.02. The maximum absolute atomic E-state index is 6.02. The zero-order valence-electron chi connectivity index (χ0n) is 12.4. The van der Waals surface area contributed by atoms with Crippen LogP contribution in [-0.2, 0) is 17.8 Å². The van der Waals surface area contributed by atoms with Gasteiger partial charge < -0.3 is 15.2 Å². The van der Waals surface area contributed by atoms with Crippen molar-refractivity contribution in [2.75, 3.05) is 19.8 Å². The van der Waals surface area contributed by atoms with Crippen LogP contribution in [0.25, 0.3) is 0 Å². The molecular formula is C17H24BrNO2. The average molecular weight is 354 g/mol. The smallest absolute Gasteiger partial charge is 0.128 e. The highest BCUT2D eigenvalue weighted by Crippen LogP contribution is 2.34. The second kappa shape index (κ2) is 7.12. The van der Waals surface area contributed by atoms with E-state index >= 15 is 0 Å². The van der Waals surface area contributed by atoms with Crippen LogP contribution in [0.15, 0.2) is 16.6 Å². The van der Waals surface area contributed by atoms with E-state index in [2.05, 4.69) is 28.1 Å². The van der Waals surface area contributed by atoms with Gasteiger partial charge in [0.05, 0.1) is 19.8 Å². The van der Waals surface area contributed by atoms with E-state index in [-0.39, 0.29) is 0 Å². The van der Waals surface area contributed by atoms with Crippen molar-refractivity contribution < 1.29 is 9.47 Å². The van der Waals surface area contributed by atoms with Crippen LogP contribution in [0.5, 0.6) is 5.75 Å². The van der Waals surface area contributed by atoms with Gasteiger partial charge in [-0.05, 0) is 48.9 Å². The molecule has 0 saturated heterocycles. The summed E-state index contributed by atoms with van der Waals surface area (Å²) in [5, 5.41) is 0. The van der Waals surface area contributed by atoms with Crippen LogP contribution in [0.1, 0.15) is 36.8 Å². The third-order valence-electron chi connectivity index (χ3n) is 4.78. The third-order valence-corrected chi connectivity index (χ3v) is 5.24. The summed E-state index contributed by atoms with van der Waals surface area (Å²) in [4.78, 5) is 0. The van der Waals surface area contributed by atoms with Crippen molar-refractivity contribution in [1.29, 1.82) is 0 Å². The van der Waals surface area contributed by atoms with Gasteiger partial charge in [0.15, 0.2) is 0 Å². The van der Waals surface area contributed by atoms with Gasteiger partial charge in [0, 0.05) is 16.5 Å². The molecule has 21 heavy (non-hydrogen) atoms. The molecule has 4 heteroatoms. The number of nitrogens with two attached hydrogens (primary N) is 1. The molecule has 1 aliphatic carbocycles. The summed E-state index contributed by atoms with van der Waals surface area (Å²) in [6.07, 6.45) is 6.17. The molecule has 0 spiro atoms. The SMILES string of the molecule is NCC1CCCCC1COCc1cc(Br)cc2c1OCC2. The van der Waals surface area contributed by atoms with Crippen LogP contribution in [-0.4, -0.2) is 19.8 Å². The summed E-state index contributed by atoms with van der Waals surface area (Å²) in [5.74, 6) is 2.31. The molecular weight excluding hydrogens is 330 g/mol. The Bertz CT molecular complexity index is 492. The summed E-state index contributed by atoms with van der Waals surface area (Å²) < 4.78 is 12.9. The van der Waals surface area contributed by atoms with Crippen LogP contribution in [0.3, 0.4) is 0 Å². The van der Waals surface area contributed by atoms with Crippen LogP contribution in [0, 0.1) is 11.8 Å². The zero-order valence-corrected chi connectivity index (χ0v) is 14.0. The molecule has 1 fully saturated rings. The lowest BCUT2D eigenvalue weighted by molar-refractivity contribution is 0.0503. The molecule has 3 rings (SSSR count). The molecule has 0 bridgehead atoms. The second-order valence-electron chi connectivity index (χ2n) is 6.21. The van der Waals surface area contributed by atoms with Crippen LogP contribution < -0.4 is 10.5 Å². The Morgan fingerprint density at radius 1 is 1.24 bits per heavy atom. The van der Waals surface area contributed by atoms with E-state index in [9.17, 15) is 0 Å². The standard InChI is InChI=1S/C17H24BrNO2/c18-16-7-12-5-6-21-17(12)15(8-16)11-20-10-14-4-2-1-3-13(14)9-19/h7-8,13-14H,1-6,9-11,19H2. The number of hydrogen-bond donors (Lipinski definition) is 1. The number of benzene rings is 1. The van der Waals surface area contributed by atoms with Gasteiger partial charge >= 0.3 is 0 Å². The van der Waals surface area contributed by atoms with Gasteiger partial charge in [-0.3, -0.25) is 0 Å². The summed E-state index contributed by atoms with van der Waals surface area (Å²) in [5.41, 5.74) is 8.34.